The van der Waals surface area contributed by atoms with Crippen LogP contribution in [0.1, 0.15) is 81.8 Å². The van der Waals surface area contributed by atoms with E-state index in [0.29, 0.717) is 35.2 Å². The van der Waals surface area contributed by atoms with E-state index in [1.807, 2.05) is 29.1 Å². The number of para-hydroxylation sites is 1. The molecule has 1 aliphatic carbocycles. The molecule has 6 aromatic rings. The molecular formula is C41H42N4OPt. The second-order valence-corrected chi connectivity index (χ2v) is 13.3. The maximum atomic E-state index is 6.46. The number of nitrogens with zero attached hydrogens (tertiary/aromatic N) is 4. The molecule has 5 nitrogen and oxygen atoms in total. The molecule has 0 amide bonds. The van der Waals surface area contributed by atoms with E-state index in [1.165, 1.54) is 28.8 Å². The molecule has 3 aromatic carbocycles. The summed E-state index contributed by atoms with van der Waals surface area (Å²) in [6.45, 7) is 15.8. The molecule has 1 aliphatic rings. The van der Waals surface area contributed by atoms with Gasteiger partial charge in [-0.3, -0.25) is 4.68 Å². The summed E-state index contributed by atoms with van der Waals surface area (Å²) >= 11 is 0. The van der Waals surface area contributed by atoms with Gasteiger partial charge in [0, 0.05) is 40.4 Å². The number of fused-ring (bicyclic) bond motifs is 3. The average Bonchev–Trinajstić information content (AvgIpc) is 3.53. The van der Waals surface area contributed by atoms with E-state index in [4.69, 9.17) is 14.8 Å². The monoisotopic (exact) mass is 801 g/mol. The van der Waals surface area contributed by atoms with Gasteiger partial charge in [0.25, 0.3) is 0 Å². The van der Waals surface area contributed by atoms with Crippen LogP contribution >= 0.6 is 0 Å². The maximum absolute atomic E-state index is 6.46. The first kappa shape index (κ1) is 33.0. The van der Waals surface area contributed by atoms with E-state index in [0.717, 1.165) is 45.4 Å². The Morgan fingerprint density at radius 1 is 0.936 bits per heavy atom. The molecule has 0 saturated heterocycles. The Bertz CT molecular complexity index is 2100. The van der Waals surface area contributed by atoms with Crippen molar-refractivity contribution in [2.24, 2.45) is 11.8 Å². The summed E-state index contributed by atoms with van der Waals surface area (Å²) < 4.78 is 10.7. The Hall–Kier alpha value is -3.95. The molecule has 47 heavy (non-hydrogen) atoms. The van der Waals surface area contributed by atoms with Crippen LogP contribution in [0.2, 0.25) is 0 Å². The topological polar surface area (TPSA) is 44.9 Å². The van der Waals surface area contributed by atoms with E-state index in [-0.39, 0.29) is 21.1 Å². The molecule has 6 heteroatoms. The summed E-state index contributed by atoms with van der Waals surface area (Å²) in [7, 11) is 0. The fraction of sp³-hybridized carbons (Fsp3) is 0.317. The van der Waals surface area contributed by atoms with Crippen molar-refractivity contribution in [3.05, 3.63) is 119 Å². The van der Waals surface area contributed by atoms with Crippen molar-refractivity contribution in [1.82, 2.24) is 19.3 Å². The number of benzene rings is 3. The molecule has 3 aromatic heterocycles. The van der Waals surface area contributed by atoms with E-state index < -0.39 is 0 Å². The van der Waals surface area contributed by atoms with E-state index in [2.05, 4.69) is 120 Å². The summed E-state index contributed by atoms with van der Waals surface area (Å²) in [6.07, 6.45) is 6.65. The van der Waals surface area contributed by atoms with Crippen molar-refractivity contribution in [1.29, 1.82) is 0 Å². The van der Waals surface area contributed by atoms with Gasteiger partial charge in [0.15, 0.2) is 0 Å². The van der Waals surface area contributed by atoms with Gasteiger partial charge in [0.2, 0.25) is 0 Å². The second kappa shape index (κ2) is 13.3. The van der Waals surface area contributed by atoms with Crippen molar-refractivity contribution < 1.29 is 25.8 Å². The second-order valence-electron chi connectivity index (χ2n) is 13.3. The quantitative estimate of drug-likeness (QED) is 0.119. The first-order valence-electron chi connectivity index (χ1n) is 16.6. The number of aryl methyl sites for hydroxylation is 1. The first-order valence-corrected chi connectivity index (χ1v) is 16.6. The summed E-state index contributed by atoms with van der Waals surface area (Å²) in [5, 5.41) is 7.31. The normalized spacial score (nSPS) is 18.0. The van der Waals surface area contributed by atoms with E-state index >= 15 is 0 Å². The number of ether oxygens (including phenoxy) is 1. The molecule has 0 aliphatic heterocycles. The third-order valence-corrected chi connectivity index (χ3v) is 9.70. The minimum atomic E-state index is 0. The van der Waals surface area contributed by atoms with Gasteiger partial charge in [0.1, 0.15) is 5.82 Å². The standard InChI is InChI=1S/C41H42N4O.Pt/c1-8-30-21-26(4)20-27(5)40(30)41-28(6)43-45(29(41)7)32-12-11-13-33(23-32)46-34-16-17-36-35-14-9-10-15-37(35)44(38(36)24-34)39-22-31(25(2)3)18-19-42-39;/h9-19,21-22,25-27,40H,8,20H2,1-7H3;/q-2;+2/t26-,27+,40?;/m1./s1. The number of hydrogen-bond donors (Lipinski definition) is 0. The van der Waals surface area contributed by atoms with Crippen molar-refractivity contribution in [2.75, 3.05) is 0 Å². The first-order chi connectivity index (χ1) is 22.2. The predicted molar refractivity (Wildman–Crippen MR) is 188 cm³/mol. The molecule has 7 rings (SSSR count). The van der Waals surface area contributed by atoms with Crippen molar-refractivity contribution in [3.63, 3.8) is 0 Å². The van der Waals surface area contributed by atoms with Crippen LogP contribution in [0.25, 0.3) is 33.3 Å². The Labute approximate surface area is 292 Å². The number of allylic oxidation sites excluding steroid dienone is 2. The Balaban J connectivity index is 0.00000386. The van der Waals surface area contributed by atoms with Gasteiger partial charge in [-0.1, -0.05) is 70.0 Å². The molecule has 3 atom stereocenters. The SMILES string of the molecule is CCC1=C[C@H](C)C[C@H](C)C1c1c(C)nn(-c2[c-]c(Oc3[c-]c4c(cc3)c3ccccc3n4-c3cc(C(C)C)ccn3)ccc2)c1C.[Pt+2]. The Kier molecular flexibility index (Phi) is 9.31. The average molecular weight is 802 g/mol. The Morgan fingerprint density at radius 2 is 1.72 bits per heavy atom. The maximum Gasteiger partial charge on any atom is 2.00 e. The smallest absolute Gasteiger partial charge is 0.509 e. The van der Waals surface area contributed by atoms with Crippen molar-refractivity contribution in [2.45, 2.75) is 73.1 Å². The Morgan fingerprint density at radius 3 is 2.51 bits per heavy atom. The van der Waals surface area contributed by atoms with Crippen LogP contribution in [0.5, 0.6) is 11.5 Å². The molecule has 3 heterocycles. The van der Waals surface area contributed by atoms with Gasteiger partial charge >= 0.3 is 21.1 Å². The van der Waals surface area contributed by atoms with Gasteiger partial charge in [-0.15, -0.1) is 35.7 Å². The van der Waals surface area contributed by atoms with Gasteiger partial charge in [-0.05, 0) is 79.3 Å². The van der Waals surface area contributed by atoms with Crippen molar-refractivity contribution >= 4 is 21.8 Å². The number of hydrogen-bond acceptors (Lipinski definition) is 3. The van der Waals surface area contributed by atoms with E-state index in [1.54, 1.807) is 0 Å². The summed E-state index contributed by atoms with van der Waals surface area (Å²) in [5.41, 5.74) is 9.29. The molecule has 242 valence electrons. The molecule has 0 spiro atoms. The molecule has 0 N–H and O–H groups in total. The van der Waals surface area contributed by atoms with Crippen LogP contribution in [-0.2, 0) is 21.1 Å². The zero-order chi connectivity index (χ0) is 32.1. The molecule has 0 fully saturated rings. The van der Waals surface area contributed by atoms with Gasteiger partial charge < -0.3 is 9.30 Å². The third-order valence-electron chi connectivity index (χ3n) is 9.70. The zero-order valence-electron chi connectivity index (χ0n) is 28.2. The van der Waals surface area contributed by atoms with Crippen LogP contribution in [-0.4, -0.2) is 19.3 Å². The van der Waals surface area contributed by atoms with Crippen LogP contribution in [0.3, 0.4) is 0 Å². The minimum Gasteiger partial charge on any atom is -0.509 e. The summed E-state index contributed by atoms with van der Waals surface area (Å²) in [5.74, 6) is 4.13. The van der Waals surface area contributed by atoms with Gasteiger partial charge in [-0.2, -0.15) is 17.2 Å². The fourth-order valence-electron chi connectivity index (χ4n) is 7.60. The molecule has 1 unspecified atom stereocenters. The van der Waals surface area contributed by atoms with Crippen LogP contribution in [0.15, 0.2) is 84.6 Å². The van der Waals surface area contributed by atoms with Gasteiger partial charge in [-0.25, -0.2) is 4.98 Å². The van der Waals surface area contributed by atoms with E-state index in [9.17, 15) is 0 Å². The van der Waals surface area contributed by atoms with Crippen LogP contribution < -0.4 is 4.74 Å². The van der Waals surface area contributed by atoms with Crippen LogP contribution in [0, 0.1) is 37.8 Å². The van der Waals surface area contributed by atoms with Gasteiger partial charge in [0.05, 0.1) is 5.69 Å². The molecule has 0 saturated carbocycles. The van der Waals surface area contributed by atoms with Crippen LogP contribution in [0.4, 0.5) is 0 Å². The molecule has 0 bridgehead atoms. The zero-order valence-corrected chi connectivity index (χ0v) is 30.5. The third kappa shape index (κ3) is 6.00. The van der Waals surface area contributed by atoms with Crippen molar-refractivity contribution in [3.8, 4) is 23.0 Å². The minimum absolute atomic E-state index is 0. The number of pyridine rings is 1. The summed E-state index contributed by atoms with van der Waals surface area (Å²) in [4.78, 5) is 4.78. The predicted octanol–water partition coefficient (Wildman–Crippen LogP) is 10.6. The number of rotatable bonds is 7. The largest absolute Gasteiger partial charge is 2.00 e. The number of aromatic nitrogens is 4. The molecule has 0 radical (unpaired) electrons. The molecular weight excluding hydrogens is 760 g/mol. The summed E-state index contributed by atoms with van der Waals surface area (Å²) in [6, 6.07) is 29.9. The fourth-order valence-corrected chi connectivity index (χ4v) is 7.60.